The average molecular weight is 163 g/mol. The van der Waals surface area contributed by atoms with E-state index < -0.39 is 0 Å². The van der Waals surface area contributed by atoms with Gasteiger partial charge in [0, 0.05) is 24.5 Å². The van der Waals surface area contributed by atoms with Crippen LogP contribution in [0.5, 0.6) is 0 Å². The average Bonchev–Trinajstić information content (AvgIpc) is 2.44. The van der Waals surface area contributed by atoms with Crippen molar-refractivity contribution in [2.45, 2.75) is 6.42 Å². The highest BCUT2D eigenvalue weighted by Gasteiger charge is 2.20. The third-order valence-corrected chi connectivity index (χ3v) is 1.92. The van der Waals surface area contributed by atoms with E-state index in [0.29, 0.717) is 12.2 Å². The molecule has 12 heavy (non-hydrogen) atoms. The lowest BCUT2D eigenvalue weighted by Crippen LogP contribution is -2.04. The van der Waals surface area contributed by atoms with E-state index in [1.807, 2.05) is 13.1 Å². The maximum atomic E-state index is 11.0. The monoisotopic (exact) mass is 163 g/mol. The number of pyridine rings is 1. The Morgan fingerprint density at radius 3 is 3.25 bits per heavy atom. The van der Waals surface area contributed by atoms with Gasteiger partial charge in [-0.1, -0.05) is 0 Å². The highest BCUT2D eigenvalue weighted by atomic mass is 16.1. The summed E-state index contributed by atoms with van der Waals surface area (Å²) in [7, 11) is 1.83. The van der Waals surface area contributed by atoms with Gasteiger partial charge in [-0.15, -0.1) is 0 Å². The molecule has 2 heterocycles. The van der Waals surface area contributed by atoms with E-state index in [4.69, 9.17) is 0 Å². The van der Waals surface area contributed by atoms with Crippen LogP contribution in [0, 0.1) is 0 Å². The molecule has 0 spiro atoms. The smallest absolute Gasteiger partial charge is 0.230 e. The minimum Gasteiger partial charge on any atom is -0.388 e. The highest BCUT2D eigenvalue weighted by molar-refractivity contribution is 5.99. The van der Waals surface area contributed by atoms with Gasteiger partial charge in [0.2, 0.25) is 5.91 Å². The van der Waals surface area contributed by atoms with E-state index in [2.05, 4.69) is 15.6 Å². The Morgan fingerprint density at radius 1 is 1.67 bits per heavy atom. The summed E-state index contributed by atoms with van der Waals surface area (Å²) in [5.41, 5.74) is 1.93. The zero-order valence-electron chi connectivity index (χ0n) is 6.72. The number of fused-ring (bicyclic) bond motifs is 1. The van der Waals surface area contributed by atoms with Gasteiger partial charge in [0.05, 0.1) is 6.42 Å². The van der Waals surface area contributed by atoms with E-state index in [0.717, 1.165) is 11.3 Å². The standard InChI is InChI=1S/C8H9N3O/c1-9-6-2-3-10-8-5(6)4-7(12)11-8/h2-3H,4H2,1H3,(H2,9,10,11,12). The fourth-order valence-electron chi connectivity index (χ4n) is 1.35. The van der Waals surface area contributed by atoms with E-state index in [9.17, 15) is 4.79 Å². The van der Waals surface area contributed by atoms with Crippen LogP contribution in [0.25, 0.3) is 0 Å². The number of rotatable bonds is 1. The molecule has 62 valence electrons. The predicted molar refractivity (Wildman–Crippen MR) is 46.1 cm³/mol. The fraction of sp³-hybridized carbons (Fsp3) is 0.250. The summed E-state index contributed by atoms with van der Waals surface area (Å²) in [5.74, 6) is 0.701. The number of carbonyl (C=O) groups excluding carboxylic acids is 1. The van der Waals surface area contributed by atoms with Crippen LogP contribution in [0.15, 0.2) is 12.3 Å². The molecule has 0 saturated carbocycles. The van der Waals surface area contributed by atoms with Crippen molar-refractivity contribution in [1.29, 1.82) is 0 Å². The summed E-state index contributed by atoms with van der Waals surface area (Å²) in [4.78, 5) is 15.0. The van der Waals surface area contributed by atoms with Crippen molar-refractivity contribution in [2.24, 2.45) is 0 Å². The summed E-state index contributed by atoms with van der Waals surface area (Å²) in [6, 6.07) is 1.86. The Morgan fingerprint density at radius 2 is 2.50 bits per heavy atom. The molecule has 4 heteroatoms. The molecule has 1 aromatic rings. The summed E-state index contributed by atoms with van der Waals surface area (Å²) in [6.45, 7) is 0. The van der Waals surface area contributed by atoms with E-state index in [1.54, 1.807) is 6.20 Å². The molecular formula is C8H9N3O. The number of hydrogen-bond donors (Lipinski definition) is 2. The molecule has 0 atom stereocenters. The van der Waals surface area contributed by atoms with Gasteiger partial charge in [-0.2, -0.15) is 0 Å². The van der Waals surface area contributed by atoms with E-state index in [-0.39, 0.29) is 5.91 Å². The lowest BCUT2D eigenvalue weighted by Gasteiger charge is -2.03. The second-order valence-electron chi connectivity index (χ2n) is 2.66. The number of hydrogen-bond acceptors (Lipinski definition) is 3. The number of nitrogens with one attached hydrogen (secondary N) is 2. The van der Waals surface area contributed by atoms with Crippen molar-refractivity contribution in [2.75, 3.05) is 17.7 Å². The Hall–Kier alpha value is -1.58. The first-order valence-electron chi connectivity index (χ1n) is 3.77. The molecule has 0 radical (unpaired) electrons. The lowest BCUT2D eigenvalue weighted by molar-refractivity contribution is -0.115. The number of nitrogens with zero attached hydrogens (tertiary/aromatic N) is 1. The molecule has 1 amide bonds. The summed E-state index contributed by atoms with van der Waals surface area (Å²) in [6.07, 6.45) is 2.11. The predicted octanol–water partition coefficient (Wildman–Crippen LogP) is 0.618. The van der Waals surface area contributed by atoms with Crippen molar-refractivity contribution >= 4 is 17.4 Å². The molecule has 0 bridgehead atoms. The van der Waals surface area contributed by atoms with Crippen LogP contribution < -0.4 is 10.6 Å². The molecule has 0 fully saturated rings. The third-order valence-electron chi connectivity index (χ3n) is 1.92. The van der Waals surface area contributed by atoms with Crippen molar-refractivity contribution in [3.8, 4) is 0 Å². The van der Waals surface area contributed by atoms with Gasteiger partial charge in [-0.3, -0.25) is 4.79 Å². The molecule has 4 nitrogen and oxygen atoms in total. The zero-order valence-corrected chi connectivity index (χ0v) is 6.72. The van der Waals surface area contributed by atoms with Crippen LogP contribution in [0.1, 0.15) is 5.56 Å². The van der Waals surface area contributed by atoms with Crippen molar-refractivity contribution in [3.63, 3.8) is 0 Å². The minimum atomic E-state index is 0.0141. The van der Waals surface area contributed by atoms with Gasteiger partial charge in [0.1, 0.15) is 5.82 Å². The number of amides is 1. The Labute approximate surface area is 70.0 Å². The molecule has 1 aliphatic rings. The number of anilines is 2. The van der Waals surface area contributed by atoms with E-state index >= 15 is 0 Å². The van der Waals surface area contributed by atoms with Crippen LogP contribution in [-0.4, -0.2) is 17.9 Å². The third kappa shape index (κ3) is 0.922. The SMILES string of the molecule is CNc1ccnc2c1CC(=O)N2. The van der Waals surface area contributed by atoms with Gasteiger partial charge < -0.3 is 10.6 Å². The highest BCUT2D eigenvalue weighted by Crippen LogP contribution is 2.26. The summed E-state index contributed by atoms with van der Waals surface area (Å²) < 4.78 is 0. The van der Waals surface area contributed by atoms with Crippen molar-refractivity contribution in [1.82, 2.24) is 4.98 Å². The molecule has 2 rings (SSSR count). The normalized spacial score (nSPS) is 13.9. The molecule has 0 aromatic carbocycles. The maximum absolute atomic E-state index is 11.0. The first-order chi connectivity index (χ1) is 5.81. The Kier molecular flexibility index (Phi) is 1.46. The molecule has 2 N–H and O–H groups in total. The quantitative estimate of drug-likeness (QED) is 0.638. The van der Waals surface area contributed by atoms with Crippen LogP contribution in [0.3, 0.4) is 0 Å². The molecule has 0 aliphatic carbocycles. The summed E-state index contributed by atoms with van der Waals surface area (Å²) >= 11 is 0. The fourth-order valence-corrected chi connectivity index (χ4v) is 1.35. The van der Waals surface area contributed by atoms with Gasteiger partial charge in [0.25, 0.3) is 0 Å². The van der Waals surface area contributed by atoms with Crippen LogP contribution in [0.4, 0.5) is 11.5 Å². The largest absolute Gasteiger partial charge is 0.388 e. The van der Waals surface area contributed by atoms with Gasteiger partial charge >= 0.3 is 0 Å². The van der Waals surface area contributed by atoms with E-state index in [1.165, 1.54) is 0 Å². The molecule has 1 aromatic heterocycles. The zero-order chi connectivity index (χ0) is 8.55. The first kappa shape index (κ1) is 7.09. The van der Waals surface area contributed by atoms with Crippen molar-refractivity contribution in [3.05, 3.63) is 17.8 Å². The van der Waals surface area contributed by atoms with Gasteiger partial charge in [-0.25, -0.2) is 4.98 Å². The molecule has 1 aliphatic heterocycles. The van der Waals surface area contributed by atoms with Gasteiger partial charge in [-0.05, 0) is 6.07 Å². The van der Waals surface area contributed by atoms with Crippen molar-refractivity contribution < 1.29 is 4.79 Å². The second kappa shape index (κ2) is 2.48. The Bertz CT molecular complexity index is 335. The molecule has 0 unspecified atom stereocenters. The molecule has 0 saturated heterocycles. The van der Waals surface area contributed by atoms with Crippen LogP contribution in [-0.2, 0) is 11.2 Å². The van der Waals surface area contributed by atoms with Gasteiger partial charge in [0.15, 0.2) is 0 Å². The van der Waals surface area contributed by atoms with Crippen LogP contribution >= 0.6 is 0 Å². The first-order valence-corrected chi connectivity index (χ1v) is 3.77. The number of aromatic nitrogens is 1. The summed E-state index contributed by atoms with van der Waals surface area (Å²) in [5, 5.41) is 5.70. The maximum Gasteiger partial charge on any atom is 0.230 e. The lowest BCUT2D eigenvalue weighted by atomic mass is 10.2. The second-order valence-corrected chi connectivity index (χ2v) is 2.66. The van der Waals surface area contributed by atoms with Crippen LogP contribution in [0.2, 0.25) is 0 Å². The Balaban J connectivity index is 2.51. The minimum absolute atomic E-state index is 0.0141. The number of carbonyl (C=O) groups is 1. The topological polar surface area (TPSA) is 54.0 Å². The molecular weight excluding hydrogens is 154 g/mol.